The molecule has 0 spiro atoms. The van der Waals surface area contributed by atoms with E-state index in [1.54, 1.807) is 4.68 Å². The third kappa shape index (κ3) is 2.41. The van der Waals surface area contributed by atoms with Gasteiger partial charge in [-0.1, -0.05) is 13.3 Å². The van der Waals surface area contributed by atoms with E-state index < -0.39 is 0 Å². The van der Waals surface area contributed by atoms with Crippen LogP contribution in [0.3, 0.4) is 0 Å². The lowest BCUT2D eigenvalue weighted by Gasteiger charge is -2.27. The van der Waals surface area contributed by atoms with Gasteiger partial charge in [0, 0.05) is 32.7 Å². The van der Waals surface area contributed by atoms with Gasteiger partial charge in [0.2, 0.25) is 0 Å². The number of rotatable bonds is 4. The Balaban J connectivity index is 2.25. The van der Waals surface area contributed by atoms with Gasteiger partial charge in [-0.05, 0) is 6.42 Å². The molecule has 0 amide bonds. The molecule has 6 nitrogen and oxygen atoms in total. The number of nitrogens with two attached hydrogens (primary N) is 1. The molecule has 0 atom stereocenters. The summed E-state index contributed by atoms with van der Waals surface area (Å²) in [7, 11) is 0. The van der Waals surface area contributed by atoms with Crippen molar-refractivity contribution in [3.05, 3.63) is 5.56 Å². The van der Waals surface area contributed by atoms with E-state index in [4.69, 9.17) is 5.73 Å². The van der Waals surface area contributed by atoms with E-state index in [9.17, 15) is 5.26 Å². The minimum Gasteiger partial charge on any atom is -0.383 e. The molecule has 98 valence electrons. The average Bonchev–Trinajstić information content (AvgIpc) is 2.74. The van der Waals surface area contributed by atoms with Crippen LogP contribution < -0.4 is 16.0 Å². The van der Waals surface area contributed by atoms with Crippen LogP contribution in [0.15, 0.2) is 0 Å². The zero-order valence-electron chi connectivity index (χ0n) is 10.8. The van der Waals surface area contributed by atoms with Crippen LogP contribution in [-0.4, -0.2) is 36.0 Å². The minimum atomic E-state index is 0.500. The third-order valence-electron chi connectivity index (χ3n) is 3.23. The van der Waals surface area contributed by atoms with E-state index in [-0.39, 0.29) is 0 Å². The Labute approximate surface area is 107 Å². The maximum Gasteiger partial charge on any atom is 0.171 e. The Morgan fingerprint density at radius 1 is 1.44 bits per heavy atom. The number of nitriles is 1. The van der Waals surface area contributed by atoms with Gasteiger partial charge in [-0.2, -0.15) is 10.4 Å². The van der Waals surface area contributed by atoms with Crippen LogP contribution in [-0.2, 0) is 6.54 Å². The van der Waals surface area contributed by atoms with Crippen LogP contribution in [0.25, 0.3) is 0 Å². The van der Waals surface area contributed by atoms with Gasteiger partial charge in [0.1, 0.15) is 17.5 Å². The van der Waals surface area contributed by atoms with Gasteiger partial charge in [-0.25, -0.2) is 4.68 Å². The van der Waals surface area contributed by atoms with Crippen molar-refractivity contribution >= 4 is 11.6 Å². The Morgan fingerprint density at radius 2 is 2.17 bits per heavy atom. The summed E-state index contributed by atoms with van der Waals surface area (Å²) in [6, 6.07) is 2.19. The van der Waals surface area contributed by atoms with Crippen molar-refractivity contribution in [2.24, 2.45) is 0 Å². The first-order chi connectivity index (χ1) is 8.77. The smallest absolute Gasteiger partial charge is 0.171 e. The van der Waals surface area contributed by atoms with Crippen LogP contribution in [0, 0.1) is 11.3 Å². The molecule has 1 aromatic heterocycles. The molecule has 6 heteroatoms. The highest BCUT2D eigenvalue weighted by Crippen LogP contribution is 2.24. The molecular formula is C12H20N6. The molecule has 18 heavy (non-hydrogen) atoms. The molecule has 1 aliphatic rings. The zero-order valence-corrected chi connectivity index (χ0v) is 10.8. The van der Waals surface area contributed by atoms with Crippen LogP contribution in [0.1, 0.15) is 25.3 Å². The van der Waals surface area contributed by atoms with Gasteiger partial charge in [0.05, 0.1) is 0 Å². The van der Waals surface area contributed by atoms with Crippen molar-refractivity contribution in [1.29, 1.82) is 5.26 Å². The second-order valence-electron chi connectivity index (χ2n) is 4.51. The van der Waals surface area contributed by atoms with E-state index >= 15 is 0 Å². The van der Waals surface area contributed by atoms with Crippen molar-refractivity contribution in [2.75, 3.05) is 36.8 Å². The third-order valence-corrected chi connectivity index (χ3v) is 3.23. The Morgan fingerprint density at radius 3 is 2.78 bits per heavy atom. The molecule has 2 heterocycles. The summed E-state index contributed by atoms with van der Waals surface area (Å²) in [6.45, 7) is 6.50. The number of piperazine rings is 1. The van der Waals surface area contributed by atoms with Gasteiger partial charge in [-0.3, -0.25) is 0 Å². The summed E-state index contributed by atoms with van der Waals surface area (Å²) in [5, 5.41) is 17.0. The first-order valence-electron chi connectivity index (χ1n) is 6.50. The Hall–Kier alpha value is -1.74. The van der Waals surface area contributed by atoms with Gasteiger partial charge < -0.3 is 16.0 Å². The summed E-state index contributed by atoms with van der Waals surface area (Å²) < 4.78 is 1.76. The van der Waals surface area contributed by atoms with Gasteiger partial charge in [0.25, 0.3) is 0 Å². The first-order valence-corrected chi connectivity index (χ1v) is 6.50. The van der Waals surface area contributed by atoms with E-state index in [1.807, 2.05) is 0 Å². The first kappa shape index (κ1) is 12.7. The highest BCUT2D eigenvalue weighted by molar-refractivity contribution is 5.65. The summed E-state index contributed by atoms with van der Waals surface area (Å²) in [4.78, 5) is 2.13. The second-order valence-corrected chi connectivity index (χ2v) is 4.51. The van der Waals surface area contributed by atoms with E-state index in [1.165, 1.54) is 0 Å². The van der Waals surface area contributed by atoms with Gasteiger partial charge in [-0.15, -0.1) is 0 Å². The number of aryl methyl sites for hydroxylation is 1. The van der Waals surface area contributed by atoms with Crippen LogP contribution in [0.2, 0.25) is 0 Å². The fourth-order valence-electron chi connectivity index (χ4n) is 2.15. The molecule has 1 aliphatic heterocycles. The Kier molecular flexibility index (Phi) is 4.05. The molecular weight excluding hydrogens is 228 g/mol. The van der Waals surface area contributed by atoms with Gasteiger partial charge in [0.15, 0.2) is 5.82 Å². The second kappa shape index (κ2) is 5.74. The predicted molar refractivity (Wildman–Crippen MR) is 71.3 cm³/mol. The van der Waals surface area contributed by atoms with Crippen molar-refractivity contribution in [3.63, 3.8) is 0 Å². The van der Waals surface area contributed by atoms with Crippen LogP contribution >= 0.6 is 0 Å². The van der Waals surface area contributed by atoms with Crippen molar-refractivity contribution in [1.82, 2.24) is 15.1 Å². The van der Waals surface area contributed by atoms with E-state index in [2.05, 4.69) is 28.3 Å². The fourth-order valence-corrected chi connectivity index (χ4v) is 2.15. The largest absolute Gasteiger partial charge is 0.383 e. The summed E-state index contributed by atoms with van der Waals surface area (Å²) in [6.07, 6.45) is 2.11. The maximum absolute atomic E-state index is 9.24. The number of unbranched alkanes of at least 4 members (excludes halogenated alkanes) is 1. The van der Waals surface area contributed by atoms with E-state index in [0.717, 1.165) is 51.4 Å². The molecule has 1 saturated heterocycles. The van der Waals surface area contributed by atoms with E-state index in [0.29, 0.717) is 11.4 Å². The fraction of sp³-hybridized carbons (Fsp3) is 0.667. The number of nitrogen functional groups attached to an aromatic ring is 1. The predicted octanol–water partition coefficient (Wildman–Crippen LogP) is 0.547. The van der Waals surface area contributed by atoms with Crippen molar-refractivity contribution in [2.45, 2.75) is 26.3 Å². The monoisotopic (exact) mass is 248 g/mol. The molecule has 0 aliphatic carbocycles. The number of hydrogen-bond donors (Lipinski definition) is 2. The normalized spacial score (nSPS) is 15.7. The van der Waals surface area contributed by atoms with Crippen LogP contribution in [0.5, 0.6) is 0 Å². The molecule has 0 bridgehead atoms. The lowest BCUT2D eigenvalue weighted by Crippen LogP contribution is -2.44. The molecule has 1 fully saturated rings. The highest BCUT2D eigenvalue weighted by Gasteiger charge is 2.21. The lowest BCUT2D eigenvalue weighted by molar-refractivity contribution is 0.558. The molecule has 2 rings (SSSR count). The SMILES string of the molecule is CCCCn1nc(N2CCNCC2)c(C#N)c1N. The quantitative estimate of drug-likeness (QED) is 0.813. The van der Waals surface area contributed by atoms with Gasteiger partial charge >= 0.3 is 0 Å². The molecule has 0 aromatic carbocycles. The maximum atomic E-state index is 9.24. The summed E-state index contributed by atoms with van der Waals surface area (Å²) in [5.41, 5.74) is 6.52. The van der Waals surface area contributed by atoms with Crippen LogP contribution in [0.4, 0.5) is 11.6 Å². The summed E-state index contributed by atoms with van der Waals surface area (Å²) >= 11 is 0. The Bertz CT molecular complexity index is 438. The molecule has 3 N–H and O–H groups in total. The topological polar surface area (TPSA) is 82.9 Å². The lowest BCUT2D eigenvalue weighted by atomic mass is 10.2. The standard InChI is InChI=1S/C12H20N6/c1-2-3-6-18-11(14)10(9-13)12(16-18)17-7-4-15-5-8-17/h15H,2-8,14H2,1H3. The average molecular weight is 248 g/mol. The molecule has 0 saturated carbocycles. The summed E-state index contributed by atoms with van der Waals surface area (Å²) in [5.74, 6) is 1.24. The number of hydrogen-bond acceptors (Lipinski definition) is 5. The number of aromatic nitrogens is 2. The van der Waals surface area contributed by atoms with Crippen molar-refractivity contribution in [3.8, 4) is 6.07 Å². The molecule has 0 radical (unpaired) electrons. The molecule has 0 unspecified atom stereocenters. The number of nitrogens with one attached hydrogen (secondary N) is 1. The molecule has 1 aromatic rings. The highest BCUT2D eigenvalue weighted by atomic mass is 15.4. The van der Waals surface area contributed by atoms with Crippen molar-refractivity contribution < 1.29 is 0 Å². The number of nitrogens with zero attached hydrogens (tertiary/aromatic N) is 4. The zero-order chi connectivity index (χ0) is 13.0. The number of anilines is 2. The minimum absolute atomic E-state index is 0.500.